The SMILES string of the molecule is CCCOc1ccc(C(=O)N2CCC(CN)C2)cc1OCCC.Cl. The fourth-order valence-corrected chi connectivity index (χ4v) is 2.69. The summed E-state index contributed by atoms with van der Waals surface area (Å²) in [6.45, 7) is 7.52. The molecule has 1 fully saturated rings. The van der Waals surface area contributed by atoms with Gasteiger partial charge in [-0.05, 0) is 49.9 Å². The van der Waals surface area contributed by atoms with Crippen LogP contribution in [0.25, 0.3) is 0 Å². The predicted octanol–water partition coefficient (Wildman–Crippen LogP) is 3.11. The summed E-state index contributed by atoms with van der Waals surface area (Å²) in [5.74, 6) is 1.82. The third kappa shape index (κ3) is 5.28. The van der Waals surface area contributed by atoms with Crippen molar-refractivity contribution in [1.82, 2.24) is 4.90 Å². The molecule has 5 nitrogen and oxygen atoms in total. The lowest BCUT2D eigenvalue weighted by Crippen LogP contribution is -2.29. The summed E-state index contributed by atoms with van der Waals surface area (Å²) < 4.78 is 11.5. The second-order valence-corrected chi connectivity index (χ2v) is 6.00. The molecule has 6 heteroatoms. The second-order valence-electron chi connectivity index (χ2n) is 6.00. The maximum absolute atomic E-state index is 12.6. The first-order valence-electron chi connectivity index (χ1n) is 8.58. The van der Waals surface area contributed by atoms with E-state index in [1.807, 2.05) is 17.0 Å². The van der Waals surface area contributed by atoms with Crippen molar-refractivity contribution in [2.24, 2.45) is 11.7 Å². The highest BCUT2D eigenvalue weighted by molar-refractivity contribution is 5.95. The molecule has 0 aromatic heterocycles. The van der Waals surface area contributed by atoms with Crippen LogP contribution in [-0.2, 0) is 0 Å². The van der Waals surface area contributed by atoms with Crippen LogP contribution in [-0.4, -0.2) is 43.7 Å². The zero-order chi connectivity index (χ0) is 16.7. The van der Waals surface area contributed by atoms with E-state index >= 15 is 0 Å². The van der Waals surface area contributed by atoms with Crippen LogP contribution >= 0.6 is 12.4 Å². The number of nitrogens with two attached hydrogens (primary N) is 1. The van der Waals surface area contributed by atoms with Gasteiger partial charge in [0.2, 0.25) is 0 Å². The van der Waals surface area contributed by atoms with Crippen molar-refractivity contribution in [3.63, 3.8) is 0 Å². The van der Waals surface area contributed by atoms with Gasteiger partial charge >= 0.3 is 0 Å². The standard InChI is InChI=1S/C18H28N2O3.ClH/c1-3-9-22-16-6-5-15(11-17(16)23-10-4-2)18(21)20-8-7-14(12-19)13-20;/h5-6,11,14H,3-4,7-10,12-13,19H2,1-2H3;1H. The van der Waals surface area contributed by atoms with E-state index in [1.54, 1.807) is 6.07 Å². The van der Waals surface area contributed by atoms with E-state index in [4.69, 9.17) is 15.2 Å². The lowest BCUT2D eigenvalue weighted by molar-refractivity contribution is 0.0787. The molecule has 0 spiro atoms. The van der Waals surface area contributed by atoms with Crippen molar-refractivity contribution in [3.05, 3.63) is 23.8 Å². The number of rotatable bonds is 8. The normalized spacial score (nSPS) is 16.6. The summed E-state index contributed by atoms with van der Waals surface area (Å²) in [4.78, 5) is 14.5. The third-order valence-corrected chi connectivity index (χ3v) is 4.02. The molecule has 2 N–H and O–H groups in total. The molecule has 1 aliphatic rings. The lowest BCUT2D eigenvalue weighted by atomic mass is 10.1. The predicted molar refractivity (Wildman–Crippen MR) is 98.3 cm³/mol. The van der Waals surface area contributed by atoms with Crippen molar-refractivity contribution < 1.29 is 14.3 Å². The molecule has 1 unspecified atom stereocenters. The Morgan fingerprint density at radius 1 is 1.21 bits per heavy atom. The van der Waals surface area contributed by atoms with E-state index < -0.39 is 0 Å². The largest absolute Gasteiger partial charge is 0.490 e. The van der Waals surface area contributed by atoms with Crippen LogP contribution in [0.15, 0.2) is 18.2 Å². The zero-order valence-corrected chi connectivity index (χ0v) is 15.4. The van der Waals surface area contributed by atoms with Crippen LogP contribution in [0.4, 0.5) is 0 Å². The summed E-state index contributed by atoms with van der Waals surface area (Å²) in [7, 11) is 0. The molecule has 1 saturated heterocycles. The first kappa shape index (κ1) is 20.6. The van der Waals surface area contributed by atoms with Gasteiger partial charge in [0.15, 0.2) is 11.5 Å². The Kier molecular flexibility index (Phi) is 8.93. The number of hydrogen-bond acceptors (Lipinski definition) is 4. The van der Waals surface area contributed by atoms with E-state index in [0.717, 1.165) is 32.4 Å². The molecule has 24 heavy (non-hydrogen) atoms. The van der Waals surface area contributed by atoms with Gasteiger partial charge in [0, 0.05) is 18.7 Å². The minimum absolute atomic E-state index is 0. The van der Waals surface area contributed by atoms with Gasteiger partial charge in [-0.3, -0.25) is 4.79 Å². The van der Waals surface area contributed by atoms with Gasteiger partial charge in [-0.2, -0.15) is 0 Å². The quantitative estimate of drug-likeness (QED) is 0.777. The summed E-state index contributed by atoms with van der Waals surface area (Å²) >= 11 is 0. The number of benzene rings is 1. The van der Waals surface area contributed by atoms with Crippen LogP contribution < -0.4 is 15.2 Å². The number of amides is 1. The number of nitrogens with zero attached hydrogens (tertiary/aromatic N) is 1. The molecule has 2 rings (SSSR count). The van der Waals surface area contributed by atoms with Crippen molar-refractivity contribution in [3.8, 4) is 11.5 Å². The van der Waals surface area contributed by atoms with Crippen LogP contribution in [0, 0.1) is 5.92 Å². The number of likely N-dealkylation sites (tertiary alicyclic amines) is 1. The van der Waals surface area contributed by atoms with Crippen LogP contribution in [0.3, 0.4) is 0 Å². The van der Waals surface area contributed by atoms with Crippen LogP contribution in [0.1, 0.15) is 43.5 Å². The number of carbonyl (C=O) groups is 1. The highest BCUT2D eigenvalue weighted by atomic mass is 35.5. The molecule has 1 aliphatic heterocycles. The van der Waals surface area contributed by atoms with Crippen LogP contribution in [0.5, 0.6) is 11.5 Å². The van der Waals surface area contributed by atoms with Crippen molar-refractivity contribution >= 4 is 18.3 Å². The summed E-state index contributed by atoms with van der Waals surface area (Å²) in [6, 6.07) is 5.46. The minimum atomic E-state index is 0. The Bertz CT molecular complexity index is 525. The maximum Gasteiger partial charge on any atom is 0.254 e. The topological polar surface area (TPSA) is 64.8 Å². The molecule has 0 saturated carbocycles. The number of ether oxygens (including phenoxy) is 2. The van der Waals surface area contributed by atoms with Gasteiger partial charge < -0.3 is 20.1 Å². The molecule has 1 aromatic carbocycles. The lowest BCUT2D eigenvalue weighted by Gasteiger charge is -2.18. The Morgan fingerprint density at radius 3 is 2.46 bits per heavy atom. The van der Waals surface area contributed by atoms with Crippen molar-refractivity contribution in [1.29, 1.82) is 0 Å². The maximum atomic E-state index is 12.6. The molecular formula is C18H29ClN2O3. The molecule has 1 amide bonds. The summed E-state index contributed by atoms with van der Waals surface area (Å²) in [6.07, 6.45) is 2.83. The number of hydrogen-bond donors (Lipinski definition) is 1. The Hall–Kier alpha value is -1.46. The minimum Gasteiger partial charge on any atom is -0.490 e. The van der Waals surface area contributed by atoms with E-state index in [0.29, 0.717) is 42.7 Å². The summed E-state index contributed by atoms with van der Waals surface area (Å²) in [5, 5.41) is 0. The van der Waals surface area contributed by atoms with E-state index in [9.17, 15) is 4.79 Å². The molecule has 1 atom stereocenters. The van der Waals surface area contributed by atoms with Crippen molar-refractivity contribution in [2.75, 3.05) is 32.8 Å². The van der Waals surface area contributed by atoms with Gasteiger partial charge in [0.1, 0.15) is 0 Å². The monoisotopic (exact) mass is 356 g/mol. The van der Waals surface area contributed by atoms with Gasteiger partial charge in [-0.25, -0.2) is 0 Å². The molecular weight excluding hydrogens is 328 g/mol. The third-order valence-electron chi connectivity index (χ3n) is 4.02. The Labute approximate surface area is 150 Å². The Morgan fingerprint density at radius 2 is 1.88 bits per heavy atom. The molecule has 136 valence electrons. The number of carbonyl (C=O) groups excluding carboxylic acids is 1. The Balaban J connectivity index is 0.00000288. The van der Waals surface area contributed by atoms with Gasteiger partial charge in [0.05, 0.1) is 13.2 Å². The molecule has 1 aromatic rings. The first-order valence-corrected chi connectivity index (χ1v) is 8.58. The fraction of sp³-hybridized carbons (Fsp3) is 0.611. The zero-order valence-electron chi connectivity index (χ0n) is 14.6. The summed E-state index contributed by atoms with van der Waals surface area (Å²) in [5.41, 5.74) is 6.36. The average molecular weight is 357 g/mol. The van der Waals surface area contributed by atoms with E-state index in [2.05, 4.69) is 13.8 Å². The second kappa shape index (κ2) is 10.4. The smallest absolute Gasteiger partial charge is 0.254 e. The molecule has 0 bridgehead atoms. The number of halogens is 1. The van der Waals surface area contributed by atoms with E-state index in [-0.39, 0.29) is 18.3 Å². The van der Waals surface area contributed by atoms with Crippen molar-refractivity contribution in [2.45, 2.75) is 33.1 Å². The van der Waals surface area contributed by atoms with Gasteiger partial charge in [-0.1, -0.05) is 13.8 Å². The molecule has 0 aliphatic carbocycles. The average Bonchev–Trinajstić information content (AvgIpc) is 3.06. The highest BCUT2D eigenvalue weighted by Crippen LogP contribution is 2.30. The van der Waals surface area contributed by atoms with E-state index in [1.165, 1.54) is 0 Å². The van der Waals surface area contributed by atoms with Crippen LogP contribution in [0.2, 0.25) is 0 Å². The molecule has 1 heterocycles. The molecule has 0 radical (unpaired) electrons. The van der Waals surface area contributed by atoms with Gasteiger partial charge in [0.25, 0.3) is 5.91 Å². The highest BCUT2D eigenvalue weighted by Gasteiger charge is 2.26. The fourth-order valence-electron chi connectivity index (χ4n) is 2.69. The first-order chi connectivity index (χ1) is 11.2. The van der Waals surface area contributed by atoms with Gasteiger partial charge in [-0.15, -0.1) is 12.4 Å².